The summed E-state index contributed by atoms with van der Waals surface area (Å²) >= 11 is 0. The quantitative estimate of drug-likeness (QED) is 0.204. The second-order valence-electron chi connectivity index (χ2n) is 4.96. The lowest BCUT2D eigenvalue weighted by molar-refractivity contribution is -0.181. The van der Waals surface area contributed by atoms with Crippen LogP contribution in [0.5, 0.6) is 0 Å². The highest BCUT2D eigenvalue weighted by atomic mass is 16.6. The van der Waals surface area contributed by atoms with Gasteiger partial charge >= 0.3 is 23.9 Å². The fourth-order valence-electron chi connectivity index (χ4n) is 1.39. The monoisotopic (exact) mass is 376 g/mol. The zero-order valence-electron chi connectivity index (χ0n) is 13.7. The lowest BCUT2D eigenvalue weighted by atomic mass is 10.2. The summed E-state index contributed by atoms with van der Waals surface area (Å²) in [6, 6.07) is 0. The SMILES string of the molecule is NCC(=O)CCC(=O)OC(=O)C(O)C(O)C(=O)OC(=O)CCC(=O)CN. The molecule has 0 heterocycles. The molecule has 0 aliphatic rings. The van der Waals surface area contributed by atoms with Gasteiger partial charge in [-0.05, 0) is 0 Å². The molecule has 12 nitrogen and oxygen atoms in total. The summed E-state index contributed by atoms with van der Waals surface area (Å²) in [4.78, 5) is 67.3. The number of esters is 4. The predicted molar refractivity (Wildman–Crippen MR) is 80.8 cm³/mol. The third-order valence-electron chi connectivity index (χ3n) is 2.88. The number of hydrogen-bond acceptors (Lipinski definition) is 12. The summed E-state index contributed by atoms with van der Waals surface area (Å²) in [7, 11) is 0. The number of ether oxygens (including phenoxy) is 2. The molecule has 0 fully saturated rings. The zero-order valence-corrected chi connectivity index (χ0v) is 13.7. The molecule has 0 amide bonds. The Morgan fingerprint density at radius 2 is 0.962 bits per heavy atom. The molecule has 146 valence electrons. The first-order valence-electron chi connectivity index (χ1n) is 7.41. The maximum atomic E-state index is 11.4. The van der Waals surface area contributed by atoms with Crippen molar-refractivity contribution in [2.24, 2.45) is 11.5 Å². The Morgan fingerprint density at radius 3 is 1.23 bits per heavy atom. The first-order valence-corrected chi connectivity index (χ1v) is 7.41. The molecule has 0 aliphatic carbocycles. The second kappa shape index (κ2) is 11.9. The lowest BCUT2D eigenvalue weighted by Crippen LogP contribution is -2.43. The smallest absolute Gasteiger partial charge is 0.346 e. The molecule has 0 bridgehead atoms. The van der Waals surface area contributed by atoms with Crippen LogP contribution < -0.4 is 11.5 Å². The molecule has 0 saturated heterocycles. The minimum Gasteiger partial charge on any atom is -0.391 e. The van der Waals surface area contributed by atoms with E-state index in [1.54, 1.807) is 0 Å². The molecule has 0 radical (unpaired) electrons. The van der Waals surface area contributed by atoms with Crippen LogP contribution in [0.15, 0.2) is 0 Å². The predicted octanol–water partition coefficient (Wildman–Crippen LogP) is -3.54. The van der Waals surface area contributed by atoms with E-state index in [0.29, 0.717) is 0 Å². The van der Waals surface area contributed by atoms with Gasteiger partial charge in [-0.3, -0.25) is 19.2 Å². The van der Waals surface area contributed by atoms with Crippen LogP contribution in [-0.2, 0) is 38.2 Å². The summed E-state index contributed by atoms with van der Waals surface area (Å²) < 4.78 is 8.29. The van der Waals surface area contributed by atoms with Gasteiger partial charge in [0, 0.05) is 12.8 Å². The average Bonchev–Trinajstić information content (AvgIpc) is 2.62. The van der Waals surface area contributed by atoms with E-state index in [1.807, 2.05) is 0 Å². The molecule has 0 saturated carbocycles. The van der Waals surface area contributed by atoms with Gasteiger partial charge in [0.15, 0.2) is 12.2 Å². The Balaban J connectivity index is 4.43. The fraction of sp³-hybridized carbons (Fsp3) is 0.571. The Hall–Kier alpha value is -2.54. The molecule has 2 unspecified atom stereocenters. The highest BCUT2D eigenvalue weighted by Gasteiger charge is 2.35. The van der Waals surface area contributed by atoms with Crippen LogP contribution in [0, 0.1) is 0 Å². The number of nitrogens with two attached hydrogens (primary N) is 2. The normalized spacial score (nSPS) is 12.6. The Labute approximate surface area is 147 Å². The molecule has 0 spiro atoms. The van der Waals surface area contributed by atoms with Crippen molar-refractivity contribution in [1.82, 2.24) is 0 Å². The molecule has 0 aromatic carbocycles. The Kier molecular flexibility index (Phi) is 10.8. The van der Waals surface area contributed by atoms with Crippen LogP contribution in [-0.4, -0.2) is 71.0 Å². The second-order valence-corrected chi connectivity index (χ2v) is 4.96. The minimum absolute atomic E-state index is 0.292. The van der Waals surface area contributed by atoms with Gasteiger partial charge in [0.25, 0.3) is 0 Å². The summed E-state index contributed by atoms with van der Waals surface area (Å²) in [6.45, 7) is -0.612. The van der Waals surface area contributed by atoms with Crippen molar-refractivity contribution in [2.75, 3.05) is 13.1 Å². The zero-order chi connectivity index (χ0) is 20.3. The summed E-state index contributed by atoms with van der Waals surface area (Å²) in [6.07, 6.45) is -6.59. The van der Waals surface area contributed by atoms with Crippen molar-refractivity contribution in [2.45, 2.75) is 37.9 Å². The van der Waals surface area contributed by atoms with E-state index >= 15 is 0 Å². The van der Waals surface area contributed by atoms with Gasteiger partial charge in [-0.2, -0.15) is 0 Å². The molecule has 0 rings (SSSR count). The average molecular weight is 376 g/mol. The van der Waals surface area contributed by atoms with Crippen molar-refractivity contribution in [3.63, 3.8) is 0 Å². The first kappa shape index (κ1) is 23.5. The minimum atomic E-state index is -2.50. The van der Waals surface area contributed by atoms with E-state index in [2.05, 4.69) is 9.47 Å². The van der Waals surface area contributed by atoms with Gasteiger partial charge in [0.05, 0.1) is 25.9 Å². The highest BCUT2D eigenvalue weighted by Crippen LogP contribution is 2.04. The van der Waals surface area contributed by atoms with Crippen LogP contribution >= 0.6 is 0 Å². The van der Waals surface area contributed by atoms with Gasteiger partial charge in [-0.25, -0.2) is 9.59 Å². The van der Waals surface area contributed by atoms with Crippen LogP contribution in [0.2, 0.25) is 0 Å². The number of aliphatic hydroxyl groups is 2. The maximum absolute atomic E-state index is 11.4. The summed E-state index contributed by atoms with van der Waals surface area (Å²) in [5, 5.41) is 18.9. The van der Waals surface area contributed by atoms with E-state index < -0.39 is 60.5 Å². The van der Waals surface area contributed by atoms with Gasteiger partial charge in [0.2, 0.25) is 0 Å². The van der Waals surface area contributed by atoms with E-state index in [1.165, 1.54) is 0 Å². The summed E-state index contributed by atoms with van der Waals surface area (Å²) in [5.74, 6) is -6.66. The van der Waals surface area contributed by atoms with E-state index in [0.717, 1.165) is 0 Å². The molecular formula is C14H20N2O10. The molecular weight excluding hydrogens is 356 g/mol. The number of carbonyl (C=O) groups excluding carboxylic acids is 6. The third-order valence-corrected chi connectivity index (χ3v) is 2.88. The van der Waals surface area contributed by atoms with Crippen LogP contribution in [0.3, 0.4) is 0 Å². The number of carbonyl (C=O) groups is 6. The van der Waals surface area contributed by atoms with Crippen molar-refractivity contribution >= 4 is 35.4 Å². The number of Topliss-reactive ketones (excluding diaryl/α,β-unsaturated/α-hetero) is 2. The van der Waals surface area contributed by atoms with Crippen molar-refractivity contribution in [3.8, 4) is 0 Å². The summed E-state index contributed by atoms with van der Waals surface area (Å²) in [5.41, 5.74) is 10.0. The van der Waals surface area contributed by atoms with Crippen LogP contribution in [0.1, 0.15) is 25.7 Å². The maximum Gasteiger partial charge on any atom is 0.346 e. The Morgan fingerprint density at radius 1 is 0.654 bits per heavy atom. The fourth-order valence-corrected chi connectivity index (χ4v) is 1.39. The first-order chi connectivity index (χ1) is 12.1. The van der Waals surface area contributed by atoms with Gasteiger partial charge in [-0.1, -0.05) is 0 Å². The van der Waals surface area contributed by atoms with E-state index in [-0.39, 0.29) is 25.9 Å². The Bertz CT molecular complexity index is 524. The van der Waals surface area contributed by atoms with Gasteiger partial charge < -0.3 is 31.2 Å². The number of hydrogen-bond donors (Lipinski definition) is 4. The molecule has 26 heavy (non-hydrogen) atoms. The number of ketones is 2. The van der Waals surface area contributed by atoms with Crippen molar-refractivity contribution < 1.29 is 48.5 Å². The number of aliphatic hydroxyl groups excluding tert-OH is 2. The van der Waals surface area contributed by atoms with Crippen LogP contribution in [0.4, 0.5) is 0 Å². The third kappa shape index (κ3) is 9.08. The van der Waals surface area contributed by atoms with E-state index in [9.17, 15) is 39.0 Å². The topological polar surface area (TPSA) is 213 Å². The number of rotatable bonds is 11. The molecule has 12 heteroatoms. The lowest BCUT2D eigenvalue weighted by Gasteiger charge is -2.14. The molecule has 0 aromatic rings. The molecule has 0 aromatic heterocycles. The van der Waals surface area contributed by atoms with E-state index in [4.69, 9.17) is 11.5 Å². The molecule has 6 N–H and O–H groups in total. The van der Waals surface area contributed by atoms with Crippen LogP contribution in [0.25, 0.3) is 0 Å². The largest absolute Gasteiger partial charge is 0.391 e. The van der Waals surface area contributed by atoms with Crippen molar-refractivity contribution in [3.05, 3.63) is 0 Å². The van der Waals surface area contributed by atoms with Crippen molar-refractivity contribution in [1.29, 1.82) is 0 Å². The van der Waals surface area contributed by atoms with Gasteiger partial charge in [-0.15, -0.1) is 0 Å². The standard InChI is InChI=1S/C14H20N2O10/c15-5-7(17)1-3-9(19)25-13(23)11(21)12(22)14(24)26-10(20)4-2-8(18)6-16/h11-12,21-22H,1-6,15-16H2. The molecule has 2 atom stereocenters. The highest BCUT2D eigenvalue weighted by molar-refractivity contribution is 5.95. The van der Waals surface area contributed by atoms with Gasteiger partial charge in [0.1, 0.15) is 11.6 Å². The molecule has 0 aliphatic heterocycles.